The minimum atomic E-state index is -5.23. The maximum atomic E-state index is 12.2. The topological polar surface area (TPSA) is 225 Å². The lowest BCUT2D eigenvalue weighted by Gasteiger charge is -2.27. The predicted molar refractivity (Wildman–Crippen MR) is 90.4 cm³/mol. The molecule has 16 nitrogen and oxygen atoms in total. The van der Waals surface area contributed by atoms with E-state index in [-0.39, 0.29) is 5.82 Å². The summed E-state index contributed by atoms with van der Waals surface area (Å²) >= 11 is 0. The molecule has 5 N–H and O–H groups in total. The van der Waals surface area contributed by atoms with Gasteiger partial charge in [0.25, 0.3) is 0 Å². The predicted octanol–water partition coefficient (Wildman–Crippen LogP) is -0.707. The monoisotopic (exact) mass is 479 g/mol. The van der Waals surface area contributed by atoms with Gasteiger partial charge in [-0.1, -0.05) is 0 Å². The Hall–Kier alpha value is -0.990. The van der Waals surface area contributed by atoms with Gasteiger partial charge < -0.3 is 30.1 Å². The van der Waals surface area contributed by atoms with E-state index in [1.807, 2.05) is 0 Å². The van der Waals surface area contributed by atoms with Gasteiger partial charge in [0.1, 0.15) is 24.1 Å². The molecule has 0 bridgehead atoms. The number of nitrogens with one attached hydrogen (secondary N) is 1. The lowest BCUT2D eigenvalue weighted by Crippen LogP contribution is -2.36. The molecule has 0 aliphatic carbocycles. The van der Waals surface area contributed by atoms with Crippen LogP contribution >= 0.6 is 23.5 Å². The molecule has 3 unspecified atom stereocenters. The number of nitrogens with zero attached hydrogens (tertiary/aromatic N) is 2. The van der Waals surface area contributed by atoms with Crippen molar-refractivity contribution in [3.63, 3.8) is 0 Å². The number of phosphoric acid groups is 3. The number of hydrogen-bond donors (Lipinski definition) is 5. The van der Waals surface area contributed by atoms with Crippen LogP contribution in [0.2, 0.25) is 0 Å². The number of rotatable bonds is 5. The van der Waals surface area contributed by atoms with E-state index >= 15 is 0 Å². The number of anilines is 1. The van der Waals surface area contributed by atoms with Crippen molar-refractivity contribution >= 4 is 29.3 Å². The molecule has 0 amide bonds. The molecule has 1 aromatic heterocycles. The highest BCUT2D eigenvalue weighted by molar-refractivity contribution is 7.74. The first-order chi connectivity index (χ1) is 13.3. The summed E-state index contributed by atoms with van der Waals surface area (Å²) in [6.07, 6.45) is -4.93. The van der Waals surface area contributed by atoms with Crippen molar-refractivity contribution in [2.75, 3.05) is 19.0 Å². The van der Waals surface area contributed by atoms with Gasteiger partial charge in [-0.25, -0.2) is 18.5 Å². The Labute approximate surface area is 161 Å². The first-order valence-corrected chi connectivity index (χ1v) is 12.1. The normalized spacial score (nSPS) is 42.7. The highest BCUT2D eigenvalue weighted by atomic mass is 31.3. The fourth-order valence-electron chi connectivity index (χ4n) is 2.48. The van der Waals surface area contributed by atoms with E-state index in [4.69, 9.17) is 4.74 Å². The van der Waals surface area contributed by atoms with Gasteiger partial charge in [-0.05, 0) is 6.07 Å². The van der Waals surface area contributed by atoms with Gasteiger partial charge in [-0.3, -0.25) is 9.09 Å². The number of aromatic nitrogens is 2. The molecule has 6 atom stereocenters. The van der Waals surface area contributed by atoms with Gasteiger partial charge in [0, 0.05) is 13.2 Å². The maximum absolute atomic E-state index is 12.2. The Morgan fingerprint density at radius 1 is 1.17 bits per heavy atom. The Kier molecular flexibility index (Phi) is 6.20. The van der Waals surface area contributed by atoms with Crippen molar-refractivity contribution in [3.05, 3.63) is 22.7 Å². The molecule has 2 saturated heterocycles. The SMILES string of the molecule is CNc1ccn([C@@H]2O[C@H](COP3(=O)OP(=O)(O)OP(=O)(O)O3)C(O)[C@@H]2O)c(=O)n1. The summed E-state index contributed by atoms with van der Waals surface area (Å²) in [5.74, 6) is 0.243. The molecule has 0 radical (unpaired) electrons. The van der Waals surface area contributed by atoms with Crippen LogP contribution < -0.4 is 11.0 Å². The molecule has 3 rings (SSSR count). The molecule has 3 heterocycles. The minimum absolute atomic E-state index is 0.243. The van der Waals surface area contributed by atoms with Gasteiger partial charge >= 0.3 is 29.2 Å². The maximum Gasteiger partial charge on any atom is 0.492 e. The third-order valence-corrected chi connectivity index (χ3v) is 9.07. The van der Waals surface area contributed by atoms with Crippen LogP contribution in [0.5, 0.6) is 0 Å². The van der Waals surface area contributed by atoms with Crippen molar-refractivity contribution in [2.24, 2.45) is 0 Å². The van der Waals surface area contributed by atoms with E-state index in [1.165, 1.54) is 19.3 Å². The van der Waals surface area contributed by atoms with Crippen LogP contribution in [0, 0.1) is 0 Å². The average molecular weight is 479 g/mol. The van der Waals surface area contributed by atoms with Crippen molar-refractivity contribution in [1.82, 2.24) is 9.55 Å². The highest BCUT2D eigenvalue weighted by Crippen LogP contribution is 2.80. The molecule has 2 aliphatic heterocycles. The first-order valence-electron chi connectivity index (χ1n) is 7.67. The second kappa shape index (κ2) is 7.93. The number of aliphatic hydroxyl groups is 2. The zero-order valence-electron chi connectivity index (χ0n) is 14.4. The van der Waals surface area contributed by atoms with E-state index in [1.54, 1.807) is 0 Å². The fourth-order valence-corrected chi connectivity index (χ4v) is 7.42. The van der Waals surface area contributed by atoms with E-state index < -0.39 is 60.3 Å². The zero-order chi connectivity index (χ0) is 21.6. The summed E-state index contributed by atoms with van der Waals surface area (Å²) in [7, 11) is -14.0. The molecule has 0 aromatic carbocycles. The second-order valence-electron chi connectivity index (χ2n) is 5.72. The summed E-state index contributed by atoms with van der Waals surface area (Å²) in [6.45, 7) is -0.886. The number of ether oxygens (including phenoxy) is 1. The van der Waals surface area contributed by atoms with E-state index in [0.29, 0.717) is 0 Å². The van der Waals surface area contributed by atoms with Crippen molar-refractivity contribution in [3.8, 4) is 0 Å². The molecular weight excluding hydrogens is 463 g/mol. The average Bonchev–Trinajstić information content (AvgIpc) is 2.85. The molecule has 0 saturated carbocycles. The van der Waals surface area contributed by atoms with Crippen molar-refractivity contribution in [2.45, 2.75) is 24.5 Å². The van der Waals surface area contributed by atoms with Gasteiger partial charge in [0.05, 0.1) is 6.61 Å². The molecular formula is C10H16N3O13P3. The summed E-state index contributed by atoms with van der Waals surface area (Å²) < 4.78 is 57.7. The van der Waals surface area contributed by atoms with Crippen LogP contribution in [0.3, 0.4) is 0 Å². The third kappa shape index (κ3) is 5.02. The molecule has 0 spiro atoms. The Morgan fingerprint density at radius 2 is 1.79 bits per heavy atom. The van der Waals surface area contributed by atoms with Gasteiger partial charge in [0.2, 0.25) is 0 Å². The first kappa shape index (κ1) is 22.7. The smallest absolute Gasteiger partial charge is 0.387 e. The lowest BCUT2D eigenvalue weighted by atomic mass is 10.1. The largest absolute Gasteiger partial charge is 0.492 e. The highest BCUT2D eigenvalue weighted by Gasteiger charge is 2.55. The van der Waals surface area contributed by atoms with Gasteiger partial charge in [-0.15, -0.1) is 0 Å². The van der Waals surface area contributed by atoms with Crippen LogP contribution in [0.4, 0.5) is 5.82 Å². The molecule has 19 heteroatoms. The Morgan fingerprint density at radius 3 is 2.34 bits per heavy atom. The van der Waals surface area contributed by atoms with Gasteiger partial charge in [-0.2, -0.15) is 17.9 Å². The minimum Gasteiger partial charge on any atom is -0.387 e. The van der Waals surface area contributed by atoms with E-state index in [0.717, 1.165) is 4.57 Å². The lowest BCUT2D eigenvalue weighted by molar-refractivity contribution is -0.0544. The Bertz CT molecular complexity index is 955. The van der Waals surface area contributed by atoms with Crippen LogP contribution in [-0.4, -0.2) is 61.5 Å². The number of aliphatic hydroxyl groups excluding tert-OH is 2. The van der Waals surface area contributed by atoms with Crippen molar-refractivity contribution < 1.29 is 55.9 Å². The van der Waals surface area contributed by atoms with Crippen LogP contribution in [-0.2, 0) is 35.9 Å². The van der Waals surface area contributed by atoms with E-state index in [9.17, 15) is 38.5 Å². The summed E-state index contributed by atoms with van der Waals surface area (Å²) in [6, 6.07) is 1.40. The Balaban J connectivity index is 1.73. The molecule has 2 aliphatic rings. The summed E-state index contributed by atoms with van der Waals surface area (Å²) in [4.78, 5) is 34.0. The van der Waals surface area contributed by atoms with Crippen molar-refractivity contribution in [1.29, 1.82) is 0 Å². The summed E-state index contributed by atoms with van der Waals surface area (Å²) in [5, 5.41) is 22.9. The molecule has 29 heavy (non-hydrogen) atoms. The second-order valence-corrected chi connectivity index (χ2v) is 10.7. The standard InChI is InChI=1S/C10H16N3O13P3/c1-11-6-2-3-13(10(16)12-6)9-8(15)7(14)5(23-9)4-22-29(21)25-27(17,18)24-28(19,20)26-29/h2-3,5,7-9,14-15H,4H2,1H3,(H,17,18)(H,19,20)(H,11,12,16)/t5-,7?,8+,9-/m1/s1. The third-order valence-electron chi connectivity index (χ3n) is 3.71. The zero-order valence-corrected chi connectivity index (χ0v) is 17.1. The van der Waals surface area contributed by atoms with Gasteiger partial charge in [0.15, 0.2) is 6.23 Å². The van der Waals surface area contributed by atoms with Crippen LogP contribution in [0.1, 0.15) is 6.23 Å². The molecule has 2 fully saturated rings. The number of hydrogen-bond acceptors (Lipinski definition) is 13. The quantitative estimate of drug-likeness (QED) is 0.329. The summed E-state index contributed by atoms with van der Waals surface area (Å²) in [5.41, 5.74) is -0.819. The van der Waals surface area contributed by atoms with E-state index in [2.05, 4.69) is 27.8 Å². The molecule has 1 aromatic rings. The fraction of sp³-hybridized carbons (Fsp3) is 0.600. The van der Waals surface area contributed by atoms with Crippen LogP contribution in [0.15, 0.2) is 17.1 Å². The van der Waals surface area contributed by atoms with Crippen LogP contribution in [0.25, 0.3) is 0 Å². The molecule has 164 valence electrons.